The minimum Gasteiger partial charge on any atom is -0.368 e. The van der Waals surface area contributed by atoms with Crippen molar-refractivity contribution in [2.24, 2.45) is 0 Å². The van der Waals surface area contributed by atoms with Crippen molar-refractivity contribution in [1.82, 2.24) is 19.5 Å². The van der Waals surface area contributed by atoms with E-state index in [4.69, 9.17) is 15.0 Å². The SMILES string of the molecule is Cc1ccc(-c2nc3c(N4CCN(c5ccccc5)CC4)ncnc3n2C2CCCC2)cc1. The molecule has 6 rings (SSSR count). The number of aromatic nitrogens is 4. The van der Waals surface area contributed by atoms with Crippen molar-refractivity contribution >= 4 is 22.7 Å². The number of nitrogens with zero attached hydrogens (tertiary/aromatic N) is 6. The van der Waals surface area contributed by atoms with E-state index in [0.717, 1.165) is 54.5 Å². The van der Waals surface area contributed by atoms with Gasteiger partial charge in [0.2, 0.25) is 0 Å². The van der Waals surface area contributed by atoms with E-state index in [2.05, 4.69) is 75.9 Å². The molecule has 33 heavy (non-hydrogen) atoms. The van der Waals surface area contributed by atoms with Crippen LogP contribution in [0.5, 0.6) is 0 Å². The van der Waals surface area contributed by atoms with Crippen molar-refractivity contribution in [1.29, 1.82) is 0 Å². The maximum atomic E-state index is 5.19. The number of aryl methyl sites for hydroxylation is 1. The van der Waals surface area contributed by atoms with Crippen molar-refractivity contribution in [2.75, 3.05) is 36.0 Å². The molecule has 3 heterocycles. The van der Waals surface area contributed by atoms with Crippen LogP contribution in [0.3, 0.4) is 0 Å². The van der Waals surface area contributed by atoms with Crippen molar-refractivity contribution in [3.05, 3.63) is 66.5 Å². The molecule has 2 aliphatic rings. The summed E-state index contributed by atoms with van der Waals surface area (Å²) in [5.74, 6) is 2.00. The fourth-order valence-corrected chi connectivity index (χ4v) is 5.36. The molecule has 1 aliphatic carbocycles. The van der Waals surface area contributed by atoms with Crippen molar-refractivity contribution in [3.63, 3.8) is 0 Å². The molecule has 6 heteroatoms. The van der Waals surface area contributed by atoms with Crippen molar-refractivity contribution in [3.8, 4) is 11.4 Å². The molecule has 1 saturated carbocycles. The molecule has 2 fully saturated rings. The van der Waals surface area contributed by atoms with Gasteiger partial charge in [-0.05, 0) is 31.9 Å². The third-order valence-corrected chi connectivity index (χ3v) is 7.16. The number of fused-ring (bicyclic) bond motifs is 1. The average Bonchev–Trinajstić information content (AvgIpc) is 3.53. The number of hydrogen-bond donors (Lipinski definition) is 0. The van der Waals surface area contributed by atoms with Crippen LogP contribution < -0.4 is 9.80 Å². The molecule has 6 nitrogen and oxygen atoms in total. The van der Waals surface area contributed by atoms with Gasteiger partial charge in [0, 0.05) is 43.5 Å². The predicted molar refractivity (Wildman–Crippen MR) is 134 cm³/mol. The molecular weight excluding hydrogens is 408 g/mol. The van der Waals surface area contributed by atoms with Crippen molar-refractivity contribution in [2.45, 2.75) is 38.6 Å². The Bertz CT molecular complexity index is 1230. The molecule has 4 aromatic rings. The fraction of sp³-hybridized carbons (Fsp3) is 0.370. The summed E-state index contributed by atoms with van der Waals surface area (Å²) in [6.45, 7) is 5.93. The highest BCUT2D eigenvalue weighted by Gasteiger charge is 2.28. The summed E-state index contributed by atoms with van der Waals surface area (Å²) in [5.41, 5.74) is 5.63. The van der Waals surface area contributed by atoms with Gasteiger partial charge in [-0.25, -0.2) is 15.0 Å². The van der Waals surface area contributed by atoms with Gasteiger partial charge in [0.1, 0.15) is 12.2 Å². The van der Waals surface area contributed by atoms with Crippen LogP contribution >= 0.6 is 0 Å². The second-order valence-corrected chi connectivity index (χ2v) is 9.29. The average molecular weight is 439 g/mol. The first kappa shape index (κ1) is 20.2. The molecule has 0 atom stereocenters. The number of piperazine rings is 1. The molecule has 0 unspecified atom stereocenters. The minimum atomic E-state index is 0.462. The van der Waals surface area contributed by atoms with E-state index >= 15 is 0 Å². The summed E-state index contributed by atoms with van der Waals surface area (Å²) >= 11 is 0. The summed E-state index contributed by atoms with van der Waals surface area (Å²) < 4.78 is 2.40. The predicted octanol–water partition coefficient (Wildman–Crippen LogP) is 5.24. The van der Waals surface area contributed by atoms with Gasteiger partial charge in [0.15, 0.2) is 17.0 Å². The van der Waals surface area contributed by atoms with E-state index in [9.17, 15) is 0 Å². The zero-order valence-electron chi connectivity index (χ0n) is 19.2. The smallest absolute Gasteiger partial charge is 0.166 e. The first-order chi connectivity index (χ1) is 16.3. The minimum absolute atomic E-state index is 0.462. The zero-order valence-corrected chi connectivity index (χ0v) is 19.2. The second kappa shape index (κ2) is 8.50. The quantitative estimate of drug-likeness (QED) is 0.436. The third-order valence-electron chi connectivity index (χ3n) is 7.16. The van der Waals surface area contributed by atoms with E-state index < -0.39 is 0 Å². The standard InChI is InChI=1S/C27H30N6/c1-20-11-13-21(14-12-20)25-30-24-26(28-19-29-27(24)33(25)23-9-5-6-10-23)32-17-15-31(16-18-32)22-7-3-2-4-8-22/h2-4,7-8,11-14,19,23H,5-6,9-10,15-18H2,1H3. The van der Waals surface area contributed by atoms with E-state index in [0.29, 0.717) is 6.04 Å². The van der Waals surface area contributed by atoms with Gasteiger partial charge < -0.3 is 14.4 Å². The van der Waals surface area contributed by atoms with Crippen LogP contribution in [-0.2, 0) is 0 Å². The summed E-state index contributed by atoms with van der Waals surface area (Å²) in [4.78, 5) is 19.5. The Morgan fingerprint density at radius 3 is 2.21 bits per heavy atom. The Kier molecular flexibility index (Phi) is 5.21. The Balaban J connectivity index is 1.38. The zero-order chi connectivity index (χ0) is 22.2. The van der Waals surface area contributed by atoms with Crippen LogP contribution in [0.4, 0.5) is 11.5 Å². The molecule has 0 bridgehead atoms. The molecule has 2 aromatic carbocycles. The van der Waals surface area contributed by atoms with Crippen LogP contribution in [0.2, 0.25) is 0 Å². The van der Waals surface area contributed by atoms with Gasteiger partial charge in [-0.3, -0.25) is 0 Å². The van der Waals surface area contributed by atoms with E-state index in [1.165, 1.54) is 36.9 Å². The lowest BCUT2D eigenvalue weighted by molar-refractivity contribution is 0.534. The van der Waals surface area contributed by atoms with Crippen LogP contribution in [0.1, 0.15) is 37.3 Å². The maximum Gasteiger partial charge on any atom is 0.166 e. The lowest BCUT2D eigenvalue weighted by Gasteiger charge is -2.36. The number of anilines is 2. The van der Waals surface area contributed by atoms with E-state index in [-0.39, 0.29) is 0 Å². The first-order valence-electron chi connectivity index (χ1n) is 12.1. The van der Waals surface area contributed by atoms with Gasteiger partial charge in [0.05, 0.1) is 0 Å². The van der Waals surface area contributed by atoms with Crippen LogP contribution in [0.25, 0.3) is 22.6 Å². The molecule has 0 amide bonds. The topological polar surface area (TPSA) is 50.1 Å². The highest BCUT2D eigenvalue weighted by Crippen LogP contribution is 2.38. The van der Waals surface area contributed by atoms with E-state index in [1.807, 2.05) is 0 Å². The van der Waals surface area contributed by atoms with E-state index in [1.54, 1.807) is 6.33 Å². The Morgan fingerprint density at radius 2 is 1.48 bits per heavy atom. The Morgan fingerprint density at radius 1 is 0.788 bits per heavy atom. The Hall–Kier alpha value is -3.41. The summed E-state index contributed by atoms with van der Waals surface area (Å²) in [7, 11) is 0. The second-order valence-electron chi connectivity index (χ2n) is 9.29. The molecule has 1 saturated heterocycles. The monoisotopic (exact) mass is 438 g/mol. The van der Waals surface area contributed by atoms with Crippen LogP contribution in [-0.4, -0.2) is 45.7 Å². The Labute approximate surface area is 194 Å². The number of hydrogen-bond acceptors (Lipinski definition) is 5. The largest absolute Gasteiger partial charge is 0.368 e. The molecular formula is C27H30N6. The third kappa shape index (κ3) is 3.73. The lowest BCUT2D eigenvalue weighted by atomic mass is 10.1. The highest BCUT2D eigenvalue weighted by molar-refractivity contribution is 5.87. The molecule has 0 radical (unpaired) electrons. The highest BCUT2D eigenvalue weighted by atomic mass is 15.3. The normalized spacial score (nSPS) is 17.2. The molecule has 2 aromatic heterocycles. The molecule has 0 spiro atoms. The molecule has 168 valence electrons. The summed E-state index contributed by atoms with van der Waals surface area (Å²) in [6, 6.07) is 19.8. The number of rotatable bonds is 4. The van der Waals surface area contributed by atoms with Crippen LogP contribution in [0, 0.1) is 6.92 Å². The van der Waals surface area contributed by atoms with Gasteiger partial charge in [-0.2, -0.15) is 0 Å². The number of benzene rings is 2. The van der Waals surface area contributed by atoms with Gasteiger partial charge in [-0.15, -0.1) is 0 Å². The number of para-hydroxylation sites is 1. The van der Waals surface area contributed by atoms with Crippen LogP contribution in [0.15, 0.2) is 60.9 Å². The van der Waals surface area contributed by atoms with Gasteiger partial charge in [-0.1, -0.05) is 60.9 Å². The molecule has 0 N–H and O–H groups in total. The van der Waals surface area contributed by atoms with Gasteiger partial charge in [0.25, 0.3) is 0 Å². The first-order valence-corrected chi connectivity index (χ1v) is 12.1. The molecule has 1 aliphatic heterocycles. The number of imidazole rings is 1. The van der Waals surface area contributed by atoms with Gasteiger partial charge >= 0.3 is 0 Å². The maximum absolute atomic E-state index is 5.19. The van der Waals surface area contributed by atoms with Crippen molar-refractivity contribution < 1.29 is 0 Å². The summed E-state index contributed by atoms with van der Waals surface area (Å²) in [6.07, 6.45) is 6.67. The summed E-state index contributed by atoms with van der Waals surface area (Å²) in [5, 5.41) is 0. The lowest BCUT2D eigenvalue weighted by Crippen LogP contribution is -2.46. The fourth-order valence-electron chi connectivity index (χ4n) is 5.36.